The summed E-state index contributed by atoms with van der Waals surface area (Å²) in [6.07, 6.45) is 1.86. The molecule has 0 aliphatic carbocycles. The molecule has 0 bridgehead atoms. The number of carbonyl (C=O) groups is 1. The van der Waals surface area contributed by atoms with E-state index in [1.54, 1.807) is 20.9 Å². The van der Waals surface area contributed by atoms with Crippen LogP contribution in [0, 0.1) is 20.8 Å². The van der Waals surface area contributed by atoms with E-state index >= 15 is 0 Å². The fraction of sp³-hybridized carbons (Fsp3) is 0.227. The zero-order chi connectivity index (χ0) is 19.8. The van der Waals surface area contributed by atoms with Crippen LogP contribution in [0.4, 0.5) is 5.13 Å². The lowest BCUT2D eigenvalue weighted by atomic mass is 10.1. The molecular formula is C22H22N4OS. The number of rotatable bonds is 4. The number of thiazole rings is 1. The largest absolute Gasteiger partial charge is 0.281 e. The Morgan fingerprint density at radius 3 is 2.54 bits per heavy atom. The van der Waals surface area contributed by atoms with Gasteiger partial charge in [0.1, 0.15) is 0 Å². The van der Waals surface area contributed by atoms with Gasteiger partial charge in [-0.15, -0.1) is 0 Å². The summed E-state index contributed by atoms with van der Waals surface area (Å²) in [6.45, 7) is 6.51. The van der Waals surface area contributed by atoms with Crippen LogP contribution in [0.5, 0.6) is 0 Å². The summed E-state index contributed by atoms with van der Waals surface area (Å²) in [5.74, 6) is -0.129. The number of aromatic nitrogens is 3. The lowest BCUT2D eigenvalue weighted by molar-refractivity contribution is 0.0979. The second-order valence-electron chi connectivity index (χ2n) is 7.14. The molecule has 2 aromatic carbocycles. The summed E-state index contributed by atoms with van der Waals surface area (Å²) >= 11 is 1.56. The van der Waals surface area contributed by atoms with Crippen molar-refractivity contribution >= 4 is 32.6 Å². The van der Waals surface area contributed by atoms with Gasteiger partial charge in [0.15, 0.2) is 10.8 Å². The Hall–Kier alpha value is -2.99. The van der Waals surface area contributed by atoms with E-state index in [0.29, 0.717) is 17.4 Å². The Bertz CT molecular complexity index is 1160. The predicted octanol–water partition coefficient (Wildman–Crippen LogP) is 4.80. The molecule has 0 saturated carbocycles. The standard InChI is InChI=1S/C22H22N4OS/c1-14-10-15(2)20-18(11-14)23-22(28-20)26(13-17-8-6-5-7-9-17)21(27)19-16(3)12-25(4)24-19/h5-12H,13H2,1-4H3. The third kappa shape index (κ3) is 3.43. The molecule has 4 aromatic rings. The van der Waals surface area contributed by atoms with E-state index in [2.05, 4.69) is 31.1 Å². The summed E-state index contributed by atoms with van der Waals surface area (Å²) < 4.78 is 2.79. The summed E-state index contributed by atoms with van der Waals surface area (Å²) in [5, 5.41) is 5.08. The molecule has 2 aromatic heterocycles. The van der Waals surface area contributed by atoms with Crippen LogP contribution >= 0.6 is 11.3 Å². The lowest BCUT2D eigenvalue weighted by Crippen LogP contribution is -2.31. The molecule has 4 rings (SSSR count). The number of amides is 1. The second kappa shape index (κ2) is 7.20. The lowest BCUT2D eigenvalue weighted by Gasteiger charge is -2.19. The molecule has 0 spiro atoms. The third-order valence-electron chi connectivity index (χ3n) is 4.68. The van der Waals surface area contributed by atoms with Crippen molar-refractivity contribution in [1.29, 1.82) is 0 Å². The molecule has 0 unspecified atom stereocenters. The van der Waals surface area contributed by atoms with Crippen LogP contribution in [-0.4, -0.2) is 20.7 Å². The molecule has 0 saturated heterocycles. The fourth-order valence-electron chi connectivity index (χ4n) is 3.42. The van der Waals surface area contributed by atoms with Crippen molar-refractivity contribution in [2.45, 2.75) is 27.3 Å². The van der Waals surface area contributed by atoms with Gasteiger partial charge in [-0.2, -0.15) is 5.10 Å². The Balaban J connectivity index is 1.82. The average Bonchev–Trinajstić information content (AvgIpc) is 3.22. The summed E-state index contributed by atoms with van der Waals surface area (Å²) in [6, 6.07) is 14.2. The van der Waals surface area contributed by atoms with Gasteiger partial charge < -0.3 is 0 Å². The molecule has 0 atom stereocenters. The smallest absolute Gasteiger partial charge is 0.278 e. The molecule has 142 valence electrons. The first-order valence-corrected chi connectivity index (χ1v) is 9.98. The van der Waals surface area contributed by atoms with Crippen molar-refractivity contribution in [3.63, 3.8) is 0 Å². The monoisotopic (exact) mass is 390 g/mol. The van der Waals surface area contributed by atoms with E-state index in [9.17, 15) is 4.79 Å². The molecule has 0 aliphatic rings. The molecule has 0 N–H and O–H groups in total. The van der Waals surface area contributed by atoms with Crippen LogP contribution in [0.1, 0.15) is 32.7 Å². The number of carbonyl (C=O) groups excluding carboxylic acids is 1. The topological polar surface area (TPSA) is 51.0 Å². The molecule has 0 radical (unpaired) electrons. The van der Waals surface area contributed by atoms with E-state index in [1.807, 2.05) is 50.5 Å². The SMILES string of the molecule is Cc1cc(C)c2sc(N(Cc3ccccc3)C(=O)c3nn(C)cc3C)nc2c1. The quantitative estimate of drug-likeness (QED) is 0.503. The fourth-order valence-corrected chi connectivity index (χ4v) is 4.43. The molecule has 2 heterocycles. The van der Waals surface area contributed by atoms with Crippen molar-refractivity contribution in [3.05, 3.63) is 76.6 Å². The van der Waals surface area contributed by atoms with Crippen molar-refractivity contribution in [2.75, 3.05) is 4.90 Å². The number of benzene rings is 2. The van der Waals surface area contributed by atoms with E-state index in [-0.39, 0.29) is 5.91 Å². The van der Waals surface area contributed by atoms with E-state index in [0.717, 1.165) is 21.3 Å². The van der Waals surface area contributed by atoms with E-state index in [4.69, 9.17) is 4.98 Å². The highest BCUT2D eigenvalue weighted by atomic mass is 32.1. The molecule has 5 nitrogen and oxygen atoms in total. The van der Waals surface area contributed by atoms with Gasteiger partial charge in [-0.25, -0.2) is 4.98 Å². The Kier molecular flexibility index (Phi) is 4.73. The Labute approximate surface area is 168 Å². The van der Waals surface area contributed by atoms with Gasteiger partial charge in [0.2, 0.25) is 0 Å². The van der Waals surface area contributed by atoms with Crippen LogP contribution < -0.4 is 4.90 Å². The molecule has 1 amide bonds. The minimum atomic E-state index is -0.129. The van der Waals surface area contributed by atoms with Gasteiger partial charge in [-0.05, 0) is 43.5 Å². The number of anilines is 1. The van der Waals surface area contributed by atoms with Gasteiger partial charge >= 0.3 is 0 Å². The summed E-state index contributed by atoms with van der Waals surface area (Å²) in [4.78, 5) is 20.0. The van der Waals surface area contributed by atoms with E-state index < -0.39 is 0 Å². The van der Waals surface area contributed by atoms with Gasteiger partial charge in [0.25, 0.3) is 5.91 Å². The van der Waals surface area contributed by atoms with E-state index in [1.165, 1.54) is 11.1 Å². The van der Waals surface area contributed by atoms with Gasteiger partial charge in [-0.3, -0.25) is 14.4 Å². The summed E-state index contributed by atoms with van der Waals surface area (Å²) in [5.41, 5.74) is 5.66. The molecule has 0 aliphatic heterocycles. The zero-order valence-electron chi connectivity index (χ0n) is 16.4. The van der Waals surface area contributed by atoms with Crippen LogP contribution in [-0.2, 0) is 13.6 Å². The number of fused-ring (bicyclic) bond motifs is 1. The predicted molar refractivity (Wildman–Crippen MR) is 114 cm³/mol. The highest BCUT2D eigenvalue weighted by Gasteiger charge is 2.25. The first-order chi connectivity index (χ1) is 13.4. The summed E-state index contributed by atoms with van der Waals surface area (Å²) in [7, 11) is 1.83. The Morgan fingerprint density at radius 1 is 1.11 bits per heavy atom. The maximum atomic E-state index is 13.4. The zero-order valence-corrected chi connectivity index (χ0v) is 17.2. The van der Waals surface area contributed by atoms with Crippen LogP contribution in [0.2, 0.25) is 0 Å². The minimum Gasteiger partial charge on any atom is -0.278 e. The van der Waals surface area contributed by atoms with Crippen molar-refractivity contribution < 1.29 is 4.79 Å². The molecule has 6 heteroatoms. The molecular weight excluding hydrogens is 368 g/mol. The van der Waals surface area contributed by atoms with Crippen LogP contribution in [0.3, 0.4) is 0 Å². The first kappa shape index (κ1) is 18.4. The second-order valence-corrected chi connectivity index (χ2v) is 8.12. The molecule has 0 fully saturated rings. The van der Waals surface area contributed by atoms with Crippen molar-refractivity contribution in [1.82, 2.24) is 14.8 Å². The van der Waals surface area contributed by atoms with Crippen molar-refractivity contribution in [2.24, 2.45) is 7.05 Å². The maximum absolute atomic E-state index is 13.4. The normalized spacial score (nSPS) is 11.1. The molecule has 28 heavy (non-hydrogen) atoms. The highest BCUT2D eigenvalue weighted by Crippen LogP contribution is 2.33. The average molecular weight is 391 g/mol. The van der Waals surface area contributed by atoms with Crippen LogP contribution in [0.15, 0.2) is 48.7 Å². The number of hydrogen-bond acceptors (Lipinski definition) is 4. The maximum Gasteiger partial charge on any atom is 0.281 e. The number of aryl methyl sites for hydroxylation is 4. The van der Waals surface area contributed by atoms with Crippen molar-refractivity contribution in [3.8, 4) is 0 Å². The first-order valence-electron chi connectivity index (χ1n) is 9.16. The van der Waals surface area contributed by atoms with Crippen LogP contribution in [0.25, 0.3) is 10.2 Å². The third-order valence-corrected chi connectivity index (χ3v) is 5.91. The van der Waals surface area contributed by atoms with Gasteiger partial charge in [0, 0.05) is 18.8 Å². The van der Waals surface area contributed by atoms with Gasteiger partial charge in [-0.1, -0.05) is 47.7 Å². The highest BCUT2D eigenvalue weighted by molar-refractivity contribution is 7.22. The number of nitrogens with zero attached hydrogens (tertiary/aromatic N) is 4. The minimum absolute atomic E-state index is 0.129. The van der Waals surface area contributed by atoms with Gasteiger partial charge in [0.05, 0.1) is 16.8 Å². The number of hydrogen-bond donors (Lipinski definition) is 0. The Morgan fingerprint density at radius 2 is 1.86 bits per heavy atom.